The summed E-state index contributed by atoms with van der Waals surface area (Å²) in [4.78, 5) is 23.9. The smallest absolute Gasteiger partial charge is 0.337 e. The number of benzene rings is 2. The van der Waals surface area contributed by atoms with E-state index < -0.39 is 5.97 Å². The van der Waals surface area contributed by atoms with Crippen LogP contribution in [0.1, 0.15) is 17.3 Å². The quantitative estimate of drug-likeness (QED) is 0.448. The SMILES string of the molecule is CCn1c(SCC(=O)Nc2cccc(C(=O)OC)c2)nnc1-c1ccccc1Cl. The van der Waals surface area contributed by atoms with E-state index in [0.717, 1.165) is 5.56 Å². The summed E-state index contributed by atoms with van der Waals surface area (Å²) in [5.74, 6) is 0.121. The molecule has 0 bridgehead atoms. The zero-order valence-corrected chi connectivity index (χ0v) is 17.5. The van der Waals surface area contributed by atoms with Gasteiger partial charge in [0.05, 0.1) is 23.4 Å². The third kappa shape index (κ3) is 4.96. The predicted octanol–water partition coefficient (Wildman–Crippen LogP) is 4.14. The lowest BCUT2D eigenvalue weighted by Crippen LogP contribution is -2.15. The zero-order chi connectivity index (χ0) is 20.8. The van der Waals surface area contributed by atoms with E-state index in [0.29, 0.717) is 33.8 Å². The van der Waals surface area contributed by atoms with E-state index in [1.807, 2.05) is 29.7 Å². The van der Waals surface area contributed by atoms with Crippen LogP contribution in [0.5, 0.6) is 0 Å². The summed E-state index contributed by atoms with van der Waals surface area (Å²) in [6.07, 6.45) is 0. The Hall–Kier alpha value is -2.84. The molecule has 29 heavy (non-hydrogen) atoms. The molecule has 0 atom stereocenters. The molecule has 0 spiro atoms. The van der Waals surface area contributed by atoms with E-state index in [1.54, 1.807) is 30.3 Å². The lowest BCUT2D eigenvalue weighted by atomic mass is 10.2. The number of nitrogens with zero attached hydrogens (tertiary/aromatic N) is 3. The van der Waals surface area contributed by atoms with Crippen molar-refractivity contribution in [1.82, 2.24) is 14.8 Å². The van der Waals surface area contributed by atoms with Gasteiger partial charge in [-0.3, -0.25) is 4.79 Å². The van der Waals surface area contributed by atoms with E-state index >= 15 is 0 Å². The van der Waals surface area contributed by atoms with Gasteiger partial charge >= 0.3 is 5.97 Å². The molecule has 0 aliphatic rings. The molecular weight excluding hydrogens is 412 g/mol. The Labute approximate surface area is 177 Å². The number of amides is 1. The molecule has 3 rings (SSSR count). The monoisotopic (exact) mass is 430 g/mol. The van der Waals surface area contributed by atoms with Crippen molar-refractivity contribution in [3.63, 3.8) is 0 Å². The molecule has 9 heteroatoms. The van der Waals surface area contributed by atoms with Crippen molar-refractivity contribution in [2.45, 2.75) is 18.6 Å². The third-order valence-corrected chi connectivity index (χ3v) is 5.34. The van der Waals surface area contributed by atoms with Crippen molar-refractivity contribution in [3.05, 3.63) is 59.1 Å². The fourth-order valence-corrected chi connectivity index (χ4v) is 3.71. The van der Waals surface area contributed by atoms with E-state index in [9.17, 15) is 9.59 Å². The van der Waals surface area contributed by atoms with Gasteiger partial charge in [0.25, 0.3) is 0 Å². The maximum absolute atomic E-state index is 12.3. The number of anilines is 1. The van der Waals surface area contributed by atoms with Crippen LogP contribution in [0.15, 0.2) is 53.7 Å². The highest BCUT2D eigenvalue weighted by Crippen LogP contribution is 2.29. The summed E-state index contributed by atoms with van der Waals surface area (Å²) in [6, 6.07) is 14.0. The van der Waals surface area contributed by atoms with Crippen molar-refractivity contribution in [2.24, 2.45) is 0 Å². The maximum atomic E-state index is 12.3. The standard InChI is InChI=1S/C20H19ClN4O3S/c1-3-25-18(15-9-4-5-10-16(15)21)23-24-20(25)29-12-17(26)22-14-8-6-7-13(11-14)19(27)28-2/h4-11H,3,12H2,1-2H3,(H,22,26). The Kier molecular flexibility index (Phi) is 6.90. The second kappa shape index (κ2) is 9.58. The maximum Gasteiger partial charge on any atom is 0.337 e. The summed E-state index contributed by atoms with van der Waals surface area (Å²) >= 11 is 7.55. The van der Waals surface area contributed by atoms with Gasteiger partial charge in [-0.2, -0.15) is 0 Å². The van der Waals surface area contributed by atoms with Crippen LogP contribution >= 0.6 is 23.4 Å². The first-order valence-corrected chi connectivity index (χ1v) is 10.2. The van der Waals surface area contributed by atoms with Crippen LogP contribution in [0, 0.1) is 0 Å². The molecule has 7 nitrogen and oxygen atoms in total. The number of nitrogens with one attached hydrogen (secondary N) is 1. The highest BCUT2D eigenvalue weighted by atomic mass is 35.5. The minimum Gasteiger partial charge on any atom is -0.465 e. The number of carbonyl (C=O) groups is 2. The average Bonchev–Trinajstić information content (AvgIpc) is 3.14. The Balaban J connectivity index is 1.68. The number of thioether (sulfide) groups is 1. The first-order chi connectivity index (χ1) is 14.0. The number of methoxy groups -OCH3 is 1. The molecule has 3 aromatic rings. The normalized spacial score (nSPS) is 10.6. The molecular formula is C20H19ClN4O3S. The molecule has 1 aromatic heterocycles. The van der Waals surface area contributed by atoms with E-state index in [-0.39, 0.29) is 11.7 Å². The van der Waals surface area contributed by atoms with Gasteiger partial charge in [0, 0.05) is 17.8 Å². The second-order valence-electron chi connectivity index (χ2n) is 5.94. The number of hydrogen-bond acceptors (Lipinski definition) is 6. The molecule has 0 saturated heterocycles. The lowest BCUT2D eigenvalue weighted by Gasteiger charge is -2.09. The van der Waals surface area contributed by atoms with Crippen molar-refractivity contribution < 1.29 is 14.3 Å². The largest absolute Gasteiger partial charge is 0.465 e. The van der Waals surface area contributed by atoms with Crippen LogP contribution in [0.3, 0.4) is 0 Å². The minimum atomic E-state index is -0.460. The summed E-state index contributed by atoms with van der Waals surface area (Å²) < 4.78 is 6.60. The van der Waals surface area contributed by atoms with Crippen LogP contribution in [0.25, 0.3) is 11.4 Å². The van der Waals surface area contributed by atoms with Gasteiger partial charge in [0.15, 0.2) is 11.0 Å². The summed E-state index contributed by atoms with van der Waals surface area (Å²) in [5.41, 5.74) is 1.68. The summed E-state index contributed by atoms with van der Waals surface area (Å²) in [6.45, 7) is 2.62. The Bertz CT molecular complexity index is 1040. The fraction of sp³-hybridized carbons (Fsp3) is 0.200. The molecule has 0 saturated carbocycles. The highest BCUT2D eigenvalue weighted by Gasteiger charge is 2.16. The van der Waals surface area contributed by atoms with Gasteiger partial charge in [-0.15, -0.1) is 10.2 Å². The molecule has 0 fully saturated rings. The van der Waals surface area contributed by atoms with Crippen LogP contribution in [0.2, 0.25) is 5.02 Å². The molecule has 1 heterocycles. The zero-order valence-electron chi connectivity index (χ0n) is 15.9. The molecule has 1 N–H and O–H groups in total. The number of carbonyl (C=O) groups excluding carboxylic acids is 2. The number of ether oxygens (including phenoxy) is 1. The van der Waals surface area contributed by atoms with Crippen LogP contribution in [0.4, 0.5) is 5.69 Å². The Morgan fingerprint density at radius 1 is 1.17 bits per heavy atom. The highest BCUT2D eigenvalue weighted by molar-refractivity contribution is 7.99. The molecule has 1 amide bonds. The second-order valence-corrected chi connectivity index (χ2v) is 7.29. The van der Waals surface area contributed by atoms with Crippen LogP contribution < -0.4 is 5.32 Å². The minimum absolute atomic E-state index is 0.142. The molecule has 150 valence electrons. The molecule has 2 aromatic carbocycles. The van der Waals surface area contributed by atoms with Crippen molar-refractivity contribution >= 4 is 40.9 Å². The van der Waals surface area contributed by atoms with Crippen LogP contribution in [-0.2, 0) is 16.1 Å². The number of hydrogen-bond donors (Lipinski definition) is 1. The molecule has 0 aliphatic heterocycles. The lowest BCUT2D eigenvalue weighted by molar-refractivity contribution is -0.113. The Morgan fingerprint density at radius 2 is 1.97 bits per heavy atom. The average molecular weight is 431 g/mol. The third-order valence-electron chi connectivity index (χ3n) is 4.05. The van der Waals surface area contributed by atoms with Crippen molar-refractivity contribution in [2.75, 3.05) is 18.2 Å². The van der Waals surface area contributed by atoms with E-state index in [2.05, 4.69) is 15.5 Å². The summed E-state index contributed by atoms with van der Waals surface area (Å²) in [5, 5.41) is 12.4. The predicted molar refractivity (Wildman–Crippen MR) is 113 cm³/mol. The number of esters is 1. The van der Waals surface area contributed by atoms with Crippen LogP contribution in [-0.4, -0.2) is 39.5 Å². The first kappa shape index (κ1) is 20.9. The van der Waals surface area contributed by atoms with Gasteiger partial charge in [-0.05, 0) is 37.3 Å². The van der Waals surface area contributed by atoms with Gasteiger partial charge in [0.1, 0.15) is 0 Å². The summed E-state index contributed by atoms with van der Waals surface area (Å²) in [7, 11) is 1.31. The van der Waals surface area contributed by atoms with Gasteiger partial charge in [0.2, 0.25) is 5.91 Å². The topological polar surface area (TPSA) is 86.1 Å². The number of aromatic nitrogens is 3. The number of rotatable bonds is 7. The van der Waals surface area contributed by atoms with E-state index in [1.165, 1.54) is 18.9 Å². The fourth-order valence-electron chi connectivity index (χ4n) is 2.69. The molecule has 0 unspecified atom stereocenters. The van der Waals surface area contributed by atoms with Gasteiger partial charge in [-0.25, -0.2) is 4.79 Å². The Morgan fingerprint density at radius 3 is 2.69 bits per heavy atom. The van der Waals surface area contributed by atoms with E-state index in [4.69, 9.17) is 16.3 Å². The van der Waals surface area contributed by atoms with Crippen molar-refractivity contribution in [1.29, 1.82) is 0 Å². The van der Waals surface area contributed by atoms with Gasteiger partial charge in [-0.1, -0.05) is 41.6 Å². The first-order valence-electron chi connectivity index (χ1n) is 8.82. The van der Waals surface area contributed by atoms with Gasteiger partial charge < -0.3 is 14.6 Å². The molecule has 0 aliphatic carbocycles. The number of halogens is 1. The molecule has 0 radical (unpaired) electrons. The van der Waals surface area contributed by atoms with Crippen molar-refractivity contribution in [3.8, 4) is 11.4 Å².